The normalized spacial score (nSPS) is 10.1. The third-order valence-corrected chi connectivity index (χ3v) is 3.66. The van der Waals surface area contributed by atoms with Crippen LogP contribution in [-0.4, -0.2) is 4.98 Å². The maximum absolute atomic E-state index is 8.77. The summed E-state index contributed by atoms with van der Waals surface area (Å²) in [5.41, 5.74) is 1.47. The lowest BCUT2D eigenvalue weighted by Crippen LogP contribution is -1.86. The fourth-order valence-electron chi connectivity index (χ4n) is 1.40. The Morgan fingerprint density at radius 1 is 1.17 bits per heavy atom. The first-order valence-electron chi connectivity index (χ1n) is 5.11. The molecule has 2 nitrogen and oxygen atoms in total. The summed E-state index contributed by atoms with van der Waals surface area (Å²) in [5.74, 6) is 0.744. The molecule has 0 amide bonds. The van der Waals surface area contributed by atoms with Crippen LogP contribution in [0.4, 0.5) is 0 Å². The highest BCUT2D eigenvalue weighted by molar-refractivity contribution is 7.98. The van der Waals surface area contributed by atoms with Gasteiger partial charge in [0.2, 0.25) is 0 Å². The average molecular weight is 295 g/mol. The second-order valence-corrected chi connectivity index (χ2v) is 5.48. The number of hydrogen-bond donors (Lipinski definition) is 0. The molecule has 0 bridgehead atoms. The van der Waals surface area contributed by atoms with Crippen LogP contribution in [0.5, 0.6) is 0 Å². The number of rotatable bonds is 3. The van der Waals surface area contributed by atoms with Gasteiger partial charge in [-0.05, 0) is 35.9 Å². The van der Waals surface area contributed by atoms with Crippen molar-refractivity contribution in [2.24, 2.45) is 0 Å². The van der Waals surface area contributed by atoms with Crippen LogP contribution < -0.4 is 0 Å². The van der Waals surface area contributed by atoms with Gasteiger partial charge in [-0.2, -0.15) is 5.26 Å². The van der Waals surface area contributed by atoms with Crippen LogP contribution in [0.25, 0.3) is 0 Å². The topological polar surface area (TPSA) is 36.7 Å². The molecule has 5 heteroatoms. The van der Waals surface area contributed by atoms with Crippen LogP contribution in [0.1, 0.15) is 11.3 Å². The SMILES string of the molecule is N#Cc1cc(CSc2cc(Cl)cc(Cl)c2)ccn1. The molecular formula is C13H8Cl2N2S. The van der Waals surface area contributed by atoms with Crippen molar-refractivity contribution in [2.75, 3.05) is 0 Å². The molecule has 0 aliphatic rings. The second-order valence-electron chi connectivity index (χ2n) is 3.55. The molecule has 0 aliphatic heterocycles. The molecule has 1 aromatic heterocycles. The van der Waals surface area contributed by atoms with Crippen LogP contribution >= 0.6 is 35.0 Å². The van der Waals surface area contributed by atoms with E-state index in [1.807, 2.05) is 24.3 Å². The summed E-state index contributed by atoms with van der Waals surface area (Å²) in [6, 6.07) is 11.1. The highest BCUT2D eigenvalue weighted by Crippen LogP contribution is 2.28. The van der Waals surface area contributed by atoms with Crippen molar-refractivity contribution in [2.45, 2.75) is 10.6 Å². The summed E-state index contributed by atoms with van der Waals surface area (Å²) in [7, 11) is 0. The Kier molecular flexibility index (Phi) is 4.48. The summed E-state index contributed by atoms with van der Waals surface area (Å²) >= 11 is 13.5. The highest BCUT2D eigenvalue weighted by atomic mass is 35.5. The summed E-state index contributed by atoms with van der Waals surface area (Å²) in [6.45, 7) is 0. The Hall–Kier alpha value is -1.21. The van der Waals surface area contributed by atoms with Gasteiger partial charge >= 0.3 is 0 Å². The fraction of sp³-hybridized carbons (Fsp3) is 0.0769. The summed E-state index contributed by atoms with van der Waals surface area (Å²) in [5, 5.41) is 10.0. The largest absolute Gasteiger partial charge is 0.246 e. The van der Waals surface area contributed by atoms with E-state index in [1.54, 1.807) is 30.1 Å². The molecule has 0 N–H and O–H groups in total. The molecule has 0 spiro atoms. The van der Waals surface area contributed by atoms with E-state index in [0.29, 0.717) is 15.7 Å². The molecule has 0 aliphatic carbocycles. The first-order chi connectivity index (χ1) is 8.67. The minimum Gasteiger partial charge on any atom is -0.246 e. The van der Waals surface area contributed by atoms with Crippen LogP contribution in [0.15, 0.2) is 41.4 Å². The van der Waals surface area contributed by atoms with E-state index in [-0.39, 0.29) is 0 Å². The summed E-state index contributed by atoms with van der Waals surface area (Å²) in [6.07, 6.45) is 1.64. The van der Waals surface area contributed by atoms with Crippen LogP contribution in [0, 0.1) is 11.3 Å². The monoisotopic (exact) mass is 294 g/mol. The van der Waals surface area contributed by atoms with Gasteiger partial charge in [0.25, 0.3) is 0 Å². The third kappa shape index (κ3) is 3.64. The summed E-state index contributed by atoms with van der Waals surface area (Å²) in [4.78, 5) is 4.93. The van der Waals surface area contributed by atoms with E-state index in [9.17, 15) is 0 Å². The standard InChI is InChI=1S/C13H8Cl2N2S/c14-10-4-11(15)6-13(5-10)18-8-9-1-2-17-12(3-9)7-16/h1-6H,8H2. The molecule has 2 rings (SSSR count). The molecule has 0 atom stereocenters. The zero-order chi connectivity index (χ0) is 13.0. The lowest BCUT2D eigenvalue weighted by atomic mass is 10.2. The Balaban J connectivity index is 2.09. The first kappa shape index (κ1) is 13.2. The maximum atomic E-state index is 8.77. The highest BCUT2D eigenvalue weighted by Gasteiger charge is 2.01. The van der Waals surface area contributed by atoms with Crippen molar-refractivity contribution in [3.05, 3.63) is 57.8 Å². The smallest absolute Gasteiger partial charge is 0.140 e. The van der Waals surface area contributed by atoms with Gasteiger partial charge in [0.1, 0.15) is 11.8 Å². The first-order valence-corrected chi connectivity index (χ1v) is 6.85. The molecule has 2 aromatic rings. The minimum atomic E-state index is 0.428. The number of thioether (sulfide) groups is 1. The van der Waals surface area contributed by atoms with Gasteiger partial charge in [-0.1, -0.05) is 23.2 Å². The van der Waals surface area contributed by atoms with Crippen LogP contribution in [0.2, 0.25) is 10.0 Å². The lowest BCUT2D eigenvalue weighted by Gasteiger charge is -2.03. The molecule has 0 saturated carbocycles. The Bertz CT molecular complexity index is 588. The molecule has 18 heavy (non-hydrogen) atoms. The van der Waals surface area contributed by atoms with Gasteiger partial charge in [-0.25, -0.2) is 4.98 Å². The lowest BCUT2D eigenvalue weighted by molar-refractivity contribution is 1.22. The zero-order valence-corrected chi connectivity index (χ0v) is 11.6. The Labute approximate surface area is 120 Å². The number of nitrogens with zero attached hydrogens (tertiary/aromatic N) is 2. The van der Waals surface area contributed by atoms with E-state index >= 15 is 0 Å². The minimum absolute atomic E-state index is 0.428. The van der Waals surface area contributed by atoms with E-state index in [4.69, 9.17) is 28.5 Å². The van der Waals surface area contributed by atoms with E-state index in [2.05, 4.69) is 4.98 Å². The molecule has 0 radical (unpaired) electrons. The average Bonchev–Trinajstić information content (AvgIpc) is 2.35. The van der Waals surface area contributed by atoms with Crippen molar-refractivity contribution in [3.8, 4) is 6.07 Å². The number of aromatic nitrogens is 1. The van der Waals surface area contributed by atoms with Gasteiger partial charge < -0.3 is 0 Å². The van der Waals surface area contributed by atoms with Gasteiger partial charge in [-0.3, -0.25) is 0 Å². The molecule has 1 aromatic carbocycles. The third-order valence-electron chi connectivity index (χ3n) is 2.18. The van der Waals surface area contributed by atoms with Crippen LogP contribution in [0.3, 0.4) is 0 Å². The van der Waals surface area contributed by atoms with Crippen molar-refractivity contribution in [1.29, 1.82) is 5.26 Å². The molecule has 90 valence electrons. The fourth-order valence-corrected chi connectivity index (χ4v) is 2.99. The van der Waals surface area contributed by atoms with E-state index in [1.165, 1.54) is 0 Å². The number of benzene rings is 1. The van der Waals surface area contributed by atoms with Gasteiger partial charge in [-0.15, -0.1) is 11.8 Å². The Morgan fingerprint density at radius 2 is 1.89 bits per heavy atom. The van der Waals surface area contributed by atoms with Gasteiger partial charge in [0, 0.05) is 26.9 Å². The van der Waals surface area contributed by atoms with E-state index < -0.39 is 0 Å². The second kappa shape index (κ2) is 6.10. The zero-order valence-electron chi connectivity index (χ0n) is 9.23. The molecular weight excluding hydrogens is 287 g/mol. The summed E-state index contributed by atoms with van der Waals surface area (Å²) < 4.78 is 0. The molecule has 0 unspecified atom stereocenters. The number of nitriles is 1. The quantitative estimate of drug-likeness (QED) is 0.779. The van der Waals surface area contributed by atoms with Crippen molar-refractivity contribution in [3.63, 3.8) is 0 Å². The number of halogens is 2. The maximum Gasteiger partial charge on any atom is 0.140 e. The molecule has 1 heterocycles. The number of pyridine rings is 1. The molecule has 0 saturated heterocycles. The van der Waals surface area contributed by atoms with Gasteiger partial charge in [0.15, 0.2) is 0 Å². The van der Waals surface area contributed by atoms with Gasteiger partial charge in [0.05, 0.1) is 0 Å². The van der Waals surface area contributed by atoms with E-state index in [0.717, 1.165) is 16.2 Å². The van der Waals surface area contributed by atoms with Crippen molar-refractivity contribution in [1.82, 2.24) is 4.98 Å². The van der Waals surface area contributed by atoms with Crippen LogP contribution in [-0.2, 0) is 5.75 Å². The predicted molar refractivity (Wildman–Crippen MR) is 75.0 cm³/mol. The Morgan fingerprint density at radius 3 is 2.56 bits per heavy atom. The predicted octanol–water partition coefficient (Wildman–Crippen LogP) is 4.55. The van der Waals surface area contributed by atoms with Crippen molar-refractivity contribution < 1.29 is 0 Å². The molecule has 0 fully saturated rings. The van der Waals surface area contributed by atoms with Crippen molar-refractivity contribution >= 4 is 35.0 Å². The number of hydrogen-bond acceptors (Lipinski definition) is 3.